The fourth-order valence-corrected chi connectivity index (χ4v) is 3.91. The molecule has 1 aromatic heterocycles. The maximum Gasteiger partial charge on any atom is 0.327 e. The van der Waals surface area contributed by atoms with Gasteiger partial charge in [-0.25, -0.2) is 9.18 Å². The summed E-state index contributed by atoms with van der Waals surface area (Å²) in [5, 5.41) is 5.87. The molecule has 30 heavy (non-hydrogen) atoms. The lowest BCUT2D eigenvalue weighted by molar-refractivity contribution is -0.138. The van der Waals surface area contributed by atoms with Crippen LogP contribution in [0.3, 0.4) is 0 Å². The largest absolute Gasteiger partial charge is 0.327 e. The maximum atomic E-state index is 13.2. The Morgan fingerprint density at radius 3 is 2.77 bits per heavy atom. The average Bonchev–Trinajstić information content (AvgIpc) is 2.76. The van der Waals surface area contributed by atoms with Crippen molar-refractivity contribution in [2.45, 2.75) is 31.5 Å². The molecule has 0 saturated carbocycles. The van der Waals surface area contributed by atoms with E-state index in [1.54, 1.807) is 24.5 Å². The molecular weight excluding hydrogens is 389 g/mol. The van der Waals surface area contributed by atoms with Gasteiger partial charge in [-0.1, -0.05) is 6.07 Å². The molecule has 0 radical (unpaired) electrons. The Morgan fingerprint density at radius 2 is 2.03 bits per heavy atom. The smallest absolute Gasteiger partial charge is 0.325 e. The molecule has 2 fully saturated rings. The molecule has 8 nitrogen and oxygen atoms in total. The van der Waals surface area contributed by atoms with Crippen LogP contribution < -0.4 is 10.6 Å². The van der Waals surface area contributed by atoms with Crippen molar-refractivity contribution in [2.24, 2.45) is 0 Å². The van der Waals surface area contributed by atoms with E-state index in [2.05, 4.69) is 15.6 Å². The van der Waals surface area contributed by atoms with E-state index in [9.17, 15) is 18.8 Å². The van der Waals surface area contributed by atoms with Crippen molar-refractivity contribution in [3.63, 3.8) is 0 Å². The minimum Gasteiger partial charge on any atom is -0.325 e. The Morgan fingerprint density at radius 1 is 1.23 bits per heavy atom. The van der Waals surface area contributed by atoms with Gasteiger partial charge < -0.3 is 15.5 Å². The number of imide groups is 1. The highest BCUT2D eigenvalue weighted by Gasteiger charge is 2.47. The number of piperidine rings is 1. The van der Waals surface area contributed by atoms with Gasteiger partial charge in [-0.3, -0.25) is 19.5 Å². The number of pyridine rings is 1. The minimum atomic E-state index is -0.549. The number of carbonyl (C=O) groups is 3. The SMILES string of the molecule is O=C(CN1C(=O)N(Cc2cccnc2)C(=O)C2NCCCC21)Nc1ccc(F)cc1. The quantitative estimate of drug-likeness (QED) is 0.782. The standard InChI is InChI=1S/C21H22FN5O3/c22-15-5-7-16(8-6-15)25-18(28)13-26-17-4-2-10-24-19(17)20(29)27(21(26)30)12-14-3-1-9-23-11-14/h1,3,5-9,11,17,19,24H,2,4,10,12-13H2,(H,25,28). The van der Waals surface area contributed by atoms with Gasteiger partial charge in [-0.15, -0.1) is 0 Å². The third-order valence-corrected chi connectivity index (χ3v) is 5.34. The summed E-state index contributed by atoms with van der Waals surface area (Å²) in [6.07, 6.45) is 4.67. The van der Waals surface area contributed by atoms with Gasteiger partial charge in [0.1, 0.15) is 18.4 Å². The van der Waals surface area contributed by atoms with Crippen molar-refractivity contribution in [3.8, 4) is 0 Å². The highest BCUT2D eigenvalue weighted by atomic mass is 19.1. The van der Waals surface area contributed by atoms with E-state index in [0.717, 1.165) is 12.0 Å². The molecule has 0 bridgehead atoms. The second kappa shape index (κ2) is 8.58. The summed E-state index contributed by atoms with van der Waals surface area (Å²) in [5.74, 6) is -1.10. The first-order valence-corrected chi connectivity index (χ1v) is 9.82. The van der Waals surface area contributed by atoms with Crippen molar-refractivity contribution in [1.29, 1.82) is 0 Å². The minimum absolute atomic E-state index is 0.0898. The molecule has 2 aromatic rings. The maximum absolute atomic E-state index is 13.2. The fraction of sp³-hybridized carbons (Fsp3) is 0.333. The first-order valence-electron chi connectivity index (χ1n) is 9.82. The zero-order valence-corrected chi connectivity index (χ0v) is 16.3. The normalized spacial score (nSPS) is 21.4. The predicted molar refractivity (Wildman–Crippen MR) is 107 cm³/mol. The average molecular weight is 411 g/mol. The van der Waals surface area contributed by atoms with Gasteiger partial charge in [-0.05, 0) is 55.3 Å². The van der Waals surface area contributed by atoms with Gasteiger partial charge in [0.25, 0.3) is 0 Å². The van der Waals surface area contributed by atoms with E-state index >= 15 is 0 Å². The summed E-state index contributed by atoms with van der Waals surface area (Å²) in [6.45, 7) is 0.569. The number of halogens is 1. The van der Waals surface area contributed by atoms with Gasteiger partial charge >= 0.3 is 6.03 Å². The summed E-state index contributed by atoms with van der Waals surface area (Å²) in [5.41, 5.74) is 1.16. The van der Waals surface area contributed by atoms with Crippen molar-refractivity contribution >= 4 is 23.5 Å². The number of fused-ring (bicyclic) bond motifs is 1. The molecule has 2 aliphatic heterocycles. The zero-order valence-electron chi connectivity index (χ0n) is 16.3. The first kappa shape index (κ1) is 20.0. The van der Waals surface area contributed by atoms with Crippen LogP contribution in [0.4, 0.5) is 14.9 Å². The second-order valence-corrected chi connectivity index (χ2v) is 7.39. The van der Waals surface area contributed by atoms with Crippen LogP contribution in [0, 0.1) is 5.82 Å². The van der Waals surface area contributed by atoms with Crippen LogP contribution in [-0.4, -0.2) is 57.8 Å². The van der Waals surface area contributed by atoms with Crippen molar-refractivity contribution in [2.75, 3.05) is 18.4 Å². The summed E-state index contributed by atoms with van der Waals surface area (Å²) < 4.78 is 13.1. The summed E-state index contributed by atoms with van der Waals surface area (Å²) in [6, 6.07) is 7.50. The summed E-state index contributed by atoms with van der Waals surface area (Å²) in [4.78, 5) is 45.4. The van der Waals surface area contributed by atoms with Crippen LogP contribution in [0.15, 0.2) is 48.8 Å². The number of carbonyl (C=O) groups excluding carboxylic acids is 3. The fourth-order valence-electron chi connectivity index (χ4n) is 3.91. The molecule has 3 heterocycles. The molecule has 0 spiro atoms. The molecule has 2 saturated heterocycles. The van der Waals surface area contributed by atoms with Gasteiger partial charge in [0, 0.05) is 18.1 Å². The summed E-state index contributed by atoms with van der Waals surface area (Å²) in [7, 11) is 0. The second-order valence-electron chi connectivity index (χ2n) is 7.39. The Bertz CT molecular complexity index is 937. The highest BCUT2D eigenvalue weighted by Crippen LogP contribution is 2.26. The molecule has 2 aliphatic rings. The van der Waals surface area contributed by atoms with Gasteiger partial charge in [0.05, 0.1) is 12.6 Å². The number of benzene rings is 1. The van der Waals surface area contributed by atoms with Crippen LogP contribution in [0.25, 0.3) is 0 Å². The molecule has 156 valence electrons. The first-order chi connectivity index (χ1) is 14.5. The number of nitrogens with zero attached hydrogens (tertiary/aromatic N) is 3. The Hall–Kier alpha value is -3.33. The number of aromatic nitrogens is 1. The van der Waals surface area contributed by atoms with Crippen LogP contribution in [0.5, 0.6) is 0 Å². The molecule has 4 amide bonds. The van der Waals surface area contributed by atoms with Crippen molar-refractivity contribution < 1.29 is 18.8 Å². The van der Waals surface area contributed by atoms with Crippen LogP contribution in [-0.2, 0) is 16.1 Å². The third-order valence-electron chi connectivity index (χ3n) is 5.34. The van der Waals surface area contributed by atoms with E-state index in [-0.39, 0.29) is 25.0 Å². The summed E-state index contributed by atoms with van der Waals surface area (Å²) >= 11 is 0. The van der Waals surface area contributed by atoms with Crippen molar-refractivity contribution in [1.82, 2.24) is 20.1 Å². The molecule has 2 unspecified atom stereocenters. The van der Waals surface area contributed by atoms with Gasteiger partial charge in [0.15, 0.2) is 0 Å². The Balaban J connectivity index is 1.53. The number of amides is 4. The molecule has 1 aromatic carbocycles. The lowest BCUT2D eigenvalue weighted by atomic mass is 9.93. The third kappa shape index (κ3) is 4.16. The number of urea groups is 1. The number of hydrogen-bond acceptors (Lipinski definition) is 5. The number of hydrogen-bond donors (Lipinski definition) is 2. The van der Waals surface area contributed by atoms with Crippen LogP contribution in [0.2, 0.25) is 0 Å². The van der Waals surface area contributed by atoms with E-state index < -0.39 is 23.8 Å². The molecule has 2 N–H and O–H groups in total. The van der Waals surface area contributed by atoms with Gasteiger partial charge in [-0.2, -0.15) is 0 Å². The van der Waals surface area contributed by atoms with Gasteiger partial charge in [0.2, 0.25) is 11.8 Å². The Kier molecular flexibility index (Phi) is 5.71. The number of nitrogens with one attached hydrogen (secondary N) is 2. The van der Waals surface area contributed by atoms with Crippen LogP contribution >= 0.6 is 0 Å². The number of rotatable bonds is 5. The zero-order chi connectivity index (χ0) is 21.1. The molecule has 2 atom stereocenters. The van der Waals surface area contributed by atoms with E-state index in [0.29, 0.717) is 18.7 Å². The molecule has 9 heteroatoms. The predicted octanol–water partition coefficient (Wildman–Crippen LogP) is 1.74. The topological polar surface area (TPSA) is 94.6 Å². The Labute approximate surface area is 173 Å². The highest BCUT2D eigenvalue weighted by molar-refractivity contribution is 6.02. The molecule has 4 rings (SSSR count). The molecular formula is C21H22FN5O3. The van der Waals surface area contributed by atoms with E-state index in [1.165, 1.54) is 34.1 Å². The van der Waals surface area contributed by atoms with E-state index in [4.69, 9.17) is 0 Å². The lowest BCUT2D eigenvalue weighted by Gasteiger charge is -2.46. The lowest BCUT2D eigenvalue weighted by Crippen LogP contribution is -2.70. The van der Waals surface area contributed by atoms with Crippen molar-refractivity contribution in [3.05, 3.63) is 60.2 Å². The van der Waals surface area contributed by atoms with E-state index in [1.807, 2.05) is 0 Å². The monoisotopic (exact) mass is 411 g/mol. The van der Waals surface area contributed by atoms with Crippen LogP contribution in [0.1, 0.15) is 18.4 Å². The molecule has 0 aliphatic carbocycles. The number of anilines is 1.